The molecular formula is C21H26FN5O3S. The summed E-state index contributed by atoms with van der Waals surface area (Å²) in [5.41, 5.74) is 2.48. The van der Waals surface area contributed by atoms with E-state index < -0.39 is 15.8 Å². The highest BCUT2D eigenvalue weighted by Gasteiger charge is 2.19. The number of aromatic nitrogens is 2. The molecule has 3 N–H and O–H groups in total. The standard InChI is InChI=1S/C21H26FN5O3S/c22-16-5-3-6-17(15-16)31(29,30)23-9-1-2-10-26-11-13-27(14-12-26)19-8-4-7-18-20(19)25-21(28)24-18/h3-8,15,23H,1-2,9-14H2,(H2,24,25,28). The van der Waals surface area contributed by atoms with Gasteiger partial charge in [0.25, 0.3) is 0 Å². The van der Waals surface area contributed by atoms with Crippen molar-refractivity contribution in [3.05, 3.63) is 58.8 Å². The second kappa shape index (κ2) is 9.21. The molecule has 10 heteroatoms. The number of H-pyrrole nitrogens is 2. The Labute approximate surface area is 180 Å². The van der Waals surface area contributed by atoms with Gasteiger partial charge in [-0.2, -0.15) is 0 Å². The Balaban J connectivity index is 1.21. The van der Waals surface area contributed by atoms with E-state index in [2.05, 4.69) is 24.5 Å². The van der Waals surface area contributed by atoms with E-state index in [0.717, 1.165) is 61.9 Å². The van der Waals surface area contributed by atoms with E-state index in [1.807, 2.05) is 18.2 Å². The van der Waals surface area contributed by atoms with Gasteiger partial charge in [-0.25, -0.2) is 22.3 Å². The molecule has 1 aromatic heterocycles. The van der Waals surface area contributed by atoms with Crippen LogP contribution in [0.4, 0.5) is 10.1 Å². The van der Waals surface area contributed by atoms with Crippen LogP contribution in [0.5, 0.6) is 0 Å². The largest absolute Gasteiger partial charge is 0.367 e. The lowest BCUT2D eigenvalue weighted by Crippen LogP contribution is -2.46. The van der Waals surface area contributed by atoms with Crippen LogP contribution < -0.4 is 15.3 Å². The highest BCUT2D eigenvalue weighted by Crippen LogP contribution is 2.24. The minimum Gasteiger partial charge on any atom is -0.367 e. The van der Waals surface area contributed by atoms with E-state index in [0.29, 0.717) is 13.0 Å². The fourth-order valence-electron chi connectivity index (χ4n) is 3.90. The first-order valence-corrected chi connectivity index (χ1v) is 11.8. The summed E-state index contributed by atoms with van der Waals surface area (Å²) in [5.74, 6) is -0.568. The molecule has 0 unspecified atom stereocenters. The van der Waals surface area contributed by atoms with Crippen molar-refractivity contribution in [1.82, 2.24) is 19.6 Å². The van der Waals surface area contributed by atoms with Crippen LogP contribution in [0.3, 0.4) is 0 Å². The molecule has 0 amide bonds. The lowest BCUT2D eigenvalue weighted by molar-refractivity contribution is 0.253. The Hall–Kier alpha value is -2.69. The van der Waals surface area contributed by atoms with Gasteiger partial charge in [0.1, 0.15) is 5.82 Å². The molecule has 1 fully saturated rings. The number of unbranched alkanes of at least 4 members (excludes halogenated alkanes) is 1. The van der Waals surface area contributed by atoms with Gasteiger partial charge in [-0.05, 0) is 49.7 Å². The Bertz CT molecular complexity index is 1200. The molecule has 0 atom stereocenters. The molecule has 0 saturated carbocycles. The zero-order valence-corrected chi connectivity index (χ0v) is 17.9. The number of aromatic amines is 2. The third-order valence-corrected chi connectivity index (χ3v) is 7.00. The molecule has 31 heavy (non-hydrogen) atoms. The van der Waals surface area contributed by atoms with Gasteiger partial charge >= 0.3 is 5.69 Å². The van der Waals surface area contributed by atoms with Crippen LogP contribution in [0, 0.1) is 5.82 Å². The lowest BCUT2D eigenvalue weighted by atomic mass is 10.2. The smallest absolute Gasteiger partial charge is 0.323 e. The van der Waals surface area contributed by atoms with E-state index in [9.17, 15) is 17.6 Å². The number of sulfonamides is 1. The summed E-state index contributed by atoms with van der Waals surface area (Å²) in [5, 5.41) is 0. The molecule has 0 radical (unpaired) electrons. The lowest BCUT2D eigenvalue weighted by Gasteiger charge is -2.36. The van der Waals surface area contributed by atoms with Crippen molar-refractivity contribution in [3.8, 4) is 0 Å². The van der Waals surface area contributed by atoms with Crippen molar-refractivity contribution < 1.29 is 12.8 Å². The molecule has 1 saturated heterocycles. The Morgan fingerprint density at radius 1 is 1.00 bits per heavy atom. The van der Waals surface area contributed by atoms with Crippen LogP contribution in [0.25, 0.3) is 11.0 Å². The van der Waals surface area contributed by atoms with Gasteiger partial charge < -0.3 is 14.9 Å². The topological polar surface area (TPSA) is 101 Å². The normalized spacial score (nSPS) is 15.6. The number of anilines is 1. The second-order valence-corrected chi connectivity index (χ2v) is 9.44. The van der Waals surface area contributed by atoms with Gasteiger partial charge in [0.2, 0.25) is 10.0 Å². The van der Waals surface area contributed by atoms with E-state index >= 15 is 0 Å². The quantitative estimate of drug-likeness (QED) is 0.458. The number of nitrogens with one attached hydrogen (secondary N) is 3. The summed E-state index contributed by atoms with van der Waals surface area (Å²) < 4.78 is 40.2. The highest BCUT2D eigenvalue weighted by molar-refractivity contribution is 7.89. The minimum atomic E-state index is -3.68. The molecular weight excluding hydrogens is 421 g/mol. The van der Waals surface area contributed by atoms with E-state index in [4.69, 9.17) is 0 Å². The summed E-state index contributed by atoms with van der Waals surface area (Å²) in [6, 6.07) is 10.9. The van der Waals surface area contributed by atoms with Gasteiger partial charge in [-0.3, -0.25) is 4.90 Å². The predicted molar refractivity (Wildman–Crippen MR) is 118 cm³/mol. The average molecular weight is 448 g/mol. The molecule has 2 heterocycles. The van der Waals surface area contributed by atoms with Crippen molar-refractivity contribution >= 4 is 26.7 Å². The third kappa shape index (κ3) is 5.15. The van der Waals surface area contributed by atoms with E-state index in [-0.39, 0.29) is 10.6 Å². The first-order chi connectivity index (χ1) is 14.9. The van der Waals surface area contributed by atoms with Crippen molar-refractivity contribution in [1.29, 1.82) is 0 Å². The molecule has 0 spiro atoms. The summed E-state index contributed by atoms with van der Waals surface area (Å²) in [6.45, 7) is 4.74. The SMILES string of the molecule is O=c1[nH]c2cccc(N3CCN(CCCCNS(=O)(=O)c4cccc(F)c4)CC3)c2[nH]1. The van der Waals surface area contributed by atoms with Gasteiger partial charge in [0.15, 0.2) is 0 Å². The fraction of sp³-hybridized carbons (Fsp3) is 0.381. The van der Waals surface area contributed by atoms with Crippen LogP contribution in [0.2, 0.25) is 0 Å². The van der Waals surface area contributed by atoms with Gasteiger partial charge in [0, 0.05) is 32.7 Å². The van der Waals surface area contributed by atoms with Crippen molar-refractivity contribution in [2.45, 2.75) is 17.7 Å². The number of imidazole rings is 1. The Morgan fingerprint density at radius 2 is 1.77 bits per heavy atom. The number of para-hydroxylation sites is 1. The highest BCUT2D eigenvalue weighted by atomic mass is 32.2. The molecule has 2 aromatic carbocycles. The summed E-state index contributed by atoms with van der Waals surface area (Å²) in [4.78, 5) is 21.8. The number of halogens is 1. The molecule has 3 aromatic rings. The number of rotatable bonds is 8. The maximum Gasteiger partial charge on any atom is 0.323 e. The molecule has 4 rings (SSSR count). The first kappa shape index (κ1) is 21.5. The summed E-state index contributed by atoms with van der Waals surface area (Å²) >= 11 is 0. The number of piperazine rings is 1. The van der Waals surface area contributed by atoms with E-state index in [1.165, 1.54) is 18.2 Å². The zero-order valence-electron chi connectivity index (χ0n) is 17.1. The molecule has 1 aliphatic heterocycles. The monoisotopic (exact) mass is 447 g/mol. The maximum atomic E-state index is 13.2. The minimum absolute atomic E-state index is 0.0533. The number of fused-ring (bicyclic) bond motifs is 1. The molecule has 166 valence electrons. The summed E-state index contributed by atoms with van der Waals surface area (Å²) in [7, 11) is -3.68. The van der Waals surface area contributed by atoms with Crippen molar-refractivity contribution in [2.75, 3.05) is 44.2 Å². The van der Waals surface area contributed by atoms with Gasteiger partial charge in [-0.15, -0.1) is 0 Å². The predicted octanol–water partition coefficient (Wildman–Crippen LogP) is 1.88. The van der Waals surface area contributed by atoms with Crippen molar-refractivity contribution in [3.63, 3.8) is 0 Å². The number of benzene rings is 2. The number of hydrogen-bond acceptors (Lipinski definition) is 5. The maximum absolute atomic E-state index is 13.2. The molecule has 1 aliphatic rings. The number of hydrogen-bond donors (Lipinski definition) is 3. The molecule has 8 nitrogen and oxygen atoms in total. The van der Waals surface area contributed by atoms with Crippen molar-refractivity contribution in [2.24, 2.45) is 0 Å². The second-order valence-electron chi connectivity index (χ2n) is 7.67. The molecule has 0 bridgehead atoms. The Kier molecular flexibility index (Phi) is 6.40. The van der Waals surface area contributed by atoms with Crippen LogP contribution >= 0.6 is 0 Å². The van der Waals surface area contributed by atoms with E-state index in [1.54, 1.807) is 0 Å². The zero-order chi connectivity index (χ0) is 21.8. The number of nitrogens with zero attached hydrogens (tertiary/aromatic N) is 2. The van der Waals surface area contributed by atoms with Crippen LogP contribution in [-0.4, -0.2) is 62.6 Å². The van der Waals surface area contributed by atoms with Gasteiger partial charge in [0.05, 0.1) is 21.6 Å². The fourth-order valence-corrected chi connectivity index (χ4v) is 5.01. The first-order valence-electron chi connectivity index (χ1n) is 10.4. The molecule has 0 aliphatic carbocycles. The third-order valence-electron chi connectivity index (χ3n) is 5.54. The Morgan fingerprint density at radius 3 is 2.55 bits per heavy atom. The summed E-state index contributed by atoms with van der Waals surface area (Å²) in [6.07, 6.45) is 1.57. The van der Waals surface area contributed by atoms with Gasteiger partial charge in [-0.1, -0.05) is 12.1 Å². The van der Waals surface area contributed by atoms with Crippen LogP contribution in [0.15, 0.2) is 52.2 Å². The van der Waals surface area contributed by atoms with Crippen LogP contribution in [0.1, 0.15) is 12.8 Å². The average Bonchev–Trinajstić information content (AvgIpc) is 3.14. The van der Waals surface area contributed by atoms with Crippen LogP contribution in [-0.2, 0) is 10.0 Å².